The molecule has 0 atom stereocenters. The number of aromatic nitrogens is 2. The maximum absolute atomic E-state index is 4.37. The molecule has 1 N–H and O–H groups in total. The van der Waals surface area contributed by atoms with Gasteiger partial charge in [-0.05, 0) is 32.2 Å². The molecule has 1 fully saturated rings. The summed E-state index contributed by atoms with van der Waals surface area (Å²) in [7, 11) is 0. The third-order valence-corrected chi connectivity index (χ3v) is 3.80. The lowest BCUT2D eigenvalue weighted by atomic mass is 9.91. The van der Waals surface area contributed by atoms with Gasteiger partial charge in [0.05, 0.1) is 11.4 Å². The van der Waals surface area contributed by atoms with E-state index < -0.39 is 0 Å². The highest BCUT2D eigenvalue weighted by Crippen LogP contribution is 2.21. The van der Waals surface area contributed by atoms with Crippen LogP contribution in [0.2, 0.25) is 0 Å². The van der Waals surface area contributed by atoms with Crippen molar-refractivity contribution in [2.45, 2.75) is 58.4 Å². The minimum Gasteiger partial charge on any atom is -0.311 e. The molecular formula is C15H25N3. The summed E-state index contributed by atoms with van der Waals surface area (Å²) in [5.41, 5.74) is 2.03. The van der Waals surface area contributed by atoms with E-state index in [2.05, 4.69) is 15.3 Å². The topological polar surface area (TPSA) is 37.8 Å². The summed E-state index contributed by atoms with van der Waals surface area (Å²) in [5, 5.41) is 3.54. The van der Waals surface area contributed by atoms with Gasteiger partial charge in [0.15, 0.2) is 0 Å². The van der Waals surface area contributed by atoms with Crippen LogP contribution < -0.4 is 5.32 Å². The molecule has 1 saturated carbocycles. The lowest BCUT2D eigenvalue weighted by molar-refractivity contribution is 0.360. The van der Waals surface area contributed by atoms with Crippen molar-refractivity contribution in [3.05, 3.63) is 23.8 Å². The van der Waals surface area contributed by atoms with Gasteiger partial charge in [-0.2, -0.15) is 0 Å². The van der Waals surface area contributed by atoms with Gasteiger partial charge in [-0.15, -0.1) is 0 Å². The Kier molecular flexibility index (Phi) is 5.59. The van der Waals surface area contributed by atoms with Gasteiger partial charge in [-0.3, -0.25) is 9.97 Å². The molecule has 1 aliphatic rings. The Hall–Kier alpha value is -0.960. The number of hydrogen-bond donors (Lipinski definition) is 1. The van der Waals surface area contributed by atoms with Gasteiger partial charge in [0.1, 0.15) is 0 Å². The largest absolute Gasteiger partial charge is 0.311 e. The normalized spacial score (nSPS) is 18.3. The van der Waals surface area contributed by atoms with Gasteiger partial charge < -0.3 is 5.32 Å². The Labute approximate surface area is 110 Å². The average Bonchev–Trinajstić information content (AvgIpc) is 2.34. The summed E-state index contributed by atoms with van der Waals surface area (Å²) in [6.07, 6.45) is 13.6. The van der Waals surface area contributed by atoms with Crippen LogP contribution in [0.1, 0.15) is 56.3 Å². The minimum atomic E-state index is 0.851. The number of rotatable bonds is 4. The minimum absolute atomic E-state index is 0.851. The first-order chi connectivity index (χ1) is 8.84. The number of aryl methyl sites for hydroxylation is 1. The van der Waals surface area contributed by atoms with Crippen LogP contribution in [0.15, 0.2) is 12.4 Å². The van der Waals surface area contributed by atoms with E-state index in [1.54, 1.807) is 0 Å². The smallest absolute Gasteiger partial charge is 0.0724 e. The highest BCUT2D eigenvalue weighted by molar-refractivity contribution is 5.00. The van der Waals surface area contributed by atoms with Gasteiger partial charge in [0.2, 0.25) is 0 Å². The van der Waals surface area contributed by atoms with E-state index in [9.17, 15) is 0 Å². The van der Waals surface area contributed by atoms with Gasteiger partial charge in [0, 0.05) is 18.9 Å². The average molecular weight is 247 g/mol. The van der Waals surface area contributed by atoms with Crippen molar-refractivity contribution < 1.29 is 0 Å². The molecule has 0 radical (unpaired) electrons. The van der Waals surface area contributed by atoms with Crippen molar-refractivity contribution in [2.75, 3.05) is 6.54 Å². The second-order valence-corrected chi connectivity index (χ2v) is 5.49. The Morgan fingerprint density at radius 3 is 2.44 bits per heavy atom. The molecule has 1 aliphatic carbocycles. The summed E-state index contributed by atoms with van der Waals surface area (Å²) in [6, 6.07) is 0. The van der Waals surface area contributed by atoms with Crippen LogP contribution >= 0.6 is 0 Å². The molecular weight excluding hydrogens is 222 g/mol. The zero-order chi connectivity index (χ0) is 12.6. The fourth-order valence-corrected chi connectivity index (χ4v) is 2.66. The second kappa shape index (κ2) is 7.47. The van der Waals surface area contributed by atoms with Gasteiger partial charge in [0.25, 0.3) is 0 Å². The molecule has 0 saturated heterocycles. The van der Waals surface area contributed by atoms with Crippen LogP contribution in [0.25, 0.3) is 0 Å². The van der Waals surface area contributed by atoms with Crippen molar-refractivity contribution in [3.8, 4) is 0 Å². The number of nitrogens with zero attached hydrogens (tertiary/aromatic N) is 2. The molecule has 18 heavy (non-hydrogen) atoms. The predicted octanol–water partition coefficient (Wildman–Crippen LogP) is 3.24. The Bertz CT molecular complexity index is 326. The molecule has 1 aromatic heterocycles. The lowest BCUT2D eigenvalue weighted by Gasteiger charge is -2.19. The van der Waals surface area contributed by atoms with E-state index in [0.29, 0.717) is 0 Å². The van der Waals surface area contributed by atoms with Crippen LogP contribution in [0.3, 0.4) is 0 Å². The van der Waals surface area contributed by atoms with Crippen LogP contribution in [-0.4, -0.2) is 16.5 Å². The third kappa shape index (κ3) is 4.73. The summed E-state index contributed by atoms with van der Waals surface area (Å²) in [5.74, 6) is 0.865. The van der Waals surface area contributed by atoms with E-state index in [0.717, 1.165) is 30.4 Å². The molecule has 1 heterocycles. The van der Waals surface area contributed by atoms with Crippen LogP contribution in [0.4, 0.5) is 0 Å². The quantitative estimate of drug-likeness (QED) is 0.887. The lowest BCUT2D eigenvalue weighted by Crippen LogP contribution is -2.23. The molecule has 2 rings (SSSR count). The van der Waals surface area contributed by atoms with Gasteiger partial charge in [-0.1, -0.05) is 32.1 Å². The van der Waals surface area contributed by atoms with Crippen molar-refractivity contribution in [1.29, 1.82) is 0 Å². The SMILES string of the molecule is Cc1cnc(CNCC2CCCCCCC2)cn1. The number of hydrogen-bond acceptors (Lipinski definition) is 3. The molecule has 0 spiro atoms. The molecule has 0 aliphatic heterocycles. The maximum Gasteiger partial charge on any atom is 0.0724 e. The van der Waals surface area contributed by atoms with Crippen molar-refractivity contribution in [2.24, 2.45) is 5.92 Å². The first-order valence-electron chi connectivity index (χ1n) is 7.33. The fraction of sp³-hybridized carbons (Fsp3) is 0.733. The van der Waals surface area contributed by atoms with E-state index in [4.69, 9.17) is 0 Å². The number of nitrogens with one attached hydrogen (secondary N) is 1. The molecule has 0 bridgehead atoms. The second-order valence-electron chi connectivity index (χ2n) is 5.49. The molecule has 0 aromatic carbocycles. The highest BCUT2D eigenvalue weighted by atomic mass is 14.9. The monoisotopic (exact) mass is 247 g/mol. The van der Waals surface area contributed by atoms with Crippen molar-refractivity contribution in [3.63, 3.8) is 0 Å². The Morgan fingerprint density at radius 1 is 1.06 bits per heavy atom. The van der Waals surface area contributed by atoms with Crippen molar-refractivity contribution in [1.82, 2.24) is 15.3 Å². The predicted molar refractivity (Wildman–Crippen MR) is 74.3 cm³/mol. The van der Waals surface area contributed by atoms with Crippen molar-refractivity contribution >= 4 is 0 Å². The van der Waals surface area contributed by atoms with E-state index >= 15 is 0 Å². The zero-order valence-electron chi connectivity index (χ0n) is 11.5. The van der Waals surface area contributed by atoms with Gasteiger partial charge in [-0.25, -0.2) is 0 Å². The van der Waals surface area contributed by atoms with E-state index in [1.807, 2.05) is 19.3 Å². The Morgan fingerprint density at radius 2 is 1.78 bits per heavy atom. The first kappa shape index (κ1) is 13.5. The maximum atomic E-state index is 4.37. The summed E-state index contributed by atoms with van der Waals surface area (Å²) >= 11 is 0. The third-order valence-electron chi connectivity index (χ3n) is 3.80. The fourth-order valence-electron chi connectivity index (χ4n) is 2.66. The summed E-state index contributed by atoms with van der Waals surface area (Å²) < 4.78 is 0. The Balaban J connectivity index is 1.68. The van der Waals surface area contributed by atoms with Crippen LogP contribution in [0.5, 0.6) is 0 Å². The summed E-state index contributed by atoms with van der Waals surface area (Å²) in [4.78, 5) is 8.64. The molecule has 3 heteroatoms. The zero-order valence-corrected chi connectivity index (χ0v) is 11.5. The summed E-state index contributed by atoms with van der Waals surface area (Å²) in [6.45, 7) is 3.96. The van der Waals surface area contributed by atoms with Crippen LogP contribution in [0, 0.1) is 12.8 Å². The molecule has 1 aromatic rings. The molecule has 0 amide bonds. The van der Waals surface area contributed by atoms with E-state index in [1.165, 1.54) is 44.9 Å². The van der Waals surface area contributed by atoms with E-state index in [-0.39, 0.29) is 0 Å². The standard InChI is InChI=1S/C15H25N3/c1-13-9-18-15(12-17-13)11-16-10-14-7-5-3-2-4-6-8-14/h9,12,14,16H,2-8,10-11H2,1H3. The van der Waals surface area contributed by atoms with Gasteiger partial charge >= 0.3 is 0 Å². The first-order valence-corrected chi connectivity index (χ1v) is 7.33. The molecule has 3 nitrogen and oxygen atoms in total. The molecule has 0 unspecified atom stereocenters. The van der Waals surface area contributed by atoms with Crippen LogP contribution in [-0.2, 0) is 6.54 Å². The highest BCUT2D eigenvalue weighted by Gasteiger charge is 2.10. The molecule has 100 valence electrons.